The highest BCUT2D eigenvalue weighted by Crippen LogP contribution is 2.36. The van der Waals surface area contributed by atoms with E-state index in [1.54, 1.807) is 43.9 Å². The standard InChI is InChI=1S/C21H25N7O3S/c1-5-32(30)26-12-21(13-26,7-8-22)28-11-15(10-25-28)17-16-6-9-27(18(16)24-14-23-17)31-19(29)20(2,3)4/h6,9-11,14H,5,7,12-13H2,1-4H3. The predicted molar refractivity (Wildman–Crippen MR) is 118 cm³/mol. The predicted octanol–water partition coefficient (Wildman–Crippen LogP) is 1.90. The Labute approximate surface area is 189 Å². The summed E-state index contributed by atoms with van der Waals surface area (Å²) in [6, 6.07) is 4.02. The van der Waals surface area contributed by atoms with Crippen molar-refractivity contribution in [3.8, 4) is 17.3 Å². The lowest BCUT2D eigenvalue weighted by Crippen LogP contribution is -2.64. The number of nitriles is 1. The van der Waals surface area contributed by atoms with Gasteiger partial charge >= 0.3 is 5.97 Å². The van der Waals surface area contributed by atoms with E-state index in [-0.39, 0.29) is 12.4 Å². The second kappa shape index (κ2) is 8.20. The number of aromatic nitrogens is 5. The molecular formula is C21H25N7O3S. The fourth-order valence-electron chi connectivity index (χ4n) is 3.58. The molecule has 0 radical (unpaired) electrons. The number of nitrogens with zero attached hydrogens (tertiary/aromatic N) is 7. The highest BCUT2D eigenvalue weighted by Gasteiger charge is 2.50. The molecule has 1 fully saturated rings. The summed E-state index contributed by atoms with van der Waals surface area (Å²) in [6.45, 7) is 8.22. The van der Waals surface area contributed by atoms with Gasteiger partial charge in [0.05, 0.1) is 42.9 Å². The quantitative estimate of drug-likeness (QED) is 0.516. The fourth-order valence-corrected chi connectivity index (χ4v) is 4.72. The molecule has 3 aromatic heterocycles. The van der Waals surface area contributed by atoms with Crippen molar-refractivity contribution in [3.63, 3.8) is 0 Å². The molecule has 1 saturated heterocycles. The molecule has 0 saturated carbocycles. The number of hydrogen-bond acceptors (Lipinski definition) is 8. The highest BCUT2D eigenvalue weighted by atomic mass is 32.2. The summed E-state index contributed by atoms with van der Waals surface area (Å²) in [6.07, 6.45) is 6.86. The molecule has 0 N–H and O–H groups in total. The minimum atomic E-state index is -1.05. The monoisotopic (exact) mass is 455 g/mol. The van der Waals surface area contributed by atoms with Crippen LogP contribution in [0.15, 0.2) is 31.0 Å². The smallest absolute Gasteiger partial charge is 0.338 e. The normalized spacial score (nSPS) is 17.0. The van der Waals surface area contributed by atoms with Crippen LogP contribution >= 0.6 is 0 Å². The van der Waals surface area contributed by atoms with Gasteiger partial charge in [-0.15, -0.1) is 4.31 Å². The first-order valence-corrected chi connectivity index (χ1v) is 11.6. The van der Waals surface area contributed by atoms with E-state index in [1.165, 1.54) is 11.1 Å². The molecule has 1 aliphatic heterocycles. The van der Waals surface area contributed by atoms with Crippen LogP contribution in [0.4, 0.5) is 0 Å². The van der Waals surface area contributed by atoms with Crippen LogP contribution in [0, 0.1) is 16.7 Å². The van der Waals surface area contributed by atoms with Crippen molar-refractivity contribution >= 4 is 28.4 Å². The summed E-state index contributed by atoms with van der Waals surface area (Å²) < 4.78 is 17.1. The van der Waals surface area contributed by atoms with Crippen LogP contribution in [0.2, 0.25) is 0 Å². The molecule has 11 heteroatoms. The molecule has 32 heavy (non-hydrogen) atoms. The Morgan fingerprint density at radius 3 is 2.78 bits per heavy atom. The van der Waals surface area contributed by atoms with Crippen molar-refractivity contribution < 1.29 is 14.2 Å². The minimum absolute atomic E-state index is 0.268. The molecule has 1 aliphatic rings. The number of carbonyl (C=O) groups is 1. The number of rotatable bonds is 6. The molecule has 0 amide bonds. The molecule has 168 valence electrons. The SMILES string of the molecule is CC[S+]([O-])N1CC(CC#N)(n2cc(-c3ncnc4c3ccn4OC(=O)C(C)(C)C)cn2)C1. The van der Waals surface area contributed by atoms with Gasteiger partial charge < -0.3 is 9.39 Å². The summed E-state index contributed by atoms with van der Waals surface area (Å²) in [4.78, 5) is 26.5. The molecule has 4 heterocycles. The van der Waals surface area contributed by atoms with E-state index in [0.717, 1.165) is 5.56 Å². The fraction of sp³-hybridized carbons (Fsp3) is 0.476. The first-order chi connectivity index (χ1) is 15.2. The number of carbonyl (C=O) groups excluding carboxylic acids is 1. The molecule has 0 aliphatic carbocycles. The molecule has 0 spiro atoms. The average molecular weight is 456 g/mol. The minimum Gasteiger partial charge on any atom is -0.598 e. The van der Waals surface area contributed by atoms with Gasteiger partial charge in [-0.3, -0.25) is 4.68 Å². The Morgan fingerprint density at radius 2 is 2.12 bits per heavy atom. The van der Waals surface area contributed by atoms with Crippen molar-refractivity contribution in [2.45, 2.75) is 39.7 Å². The van der Waals surface area contributed by atoms with Crippen molar-refractivity contribution in [2.75, 3.05) is 18.8 Å². The molecule has 4 rings (SSSR count). The third-order valence-corrected chi connectivity index (χ3v) is 6.80. The summed E-state index contributed by atoms with van der Waals surface area (Å²) in [5.41, 5.74) is 0.705. The summed E-state index contributed by atoms with van der Waals surface area (Å²) in [7, 11) is 0. The van der Waals surface area contributed by atoms with Gasteiger partial charge in [0.2, 0.25) is 0 Å². The molecule has 3 aromatic rings. The molecule has 1 atom stereocenters. The Bertz CT molecular complexity index is 1180. The van der Waals surface area contributed by atoms with E-state index in [2.05, 4.69) is 21.1 Å². The number of hydrogen-bond donors (Lipinski definition) is 0. The Balaban J connectivity index is 1.64. The largest absolute Gasteiger partial charge is 0.598 e. The van der Waals surface area contributed by atoms with E-state index in [4.69, 9.17) is 4.84 Å². The van der Waals surface area contributed by atoms with Gasteiger partial charge in [-0.1, -0.05) is 0 Å². The topological polar surface area (TPSA) is 125 Å². The zero-order valence-electron chi connectivity index (χ0n) is 18.5. The summed E-state index contributed by atoms with van der Waals surface area (Å²) in [5, 5.41) is 14.6. The van der Waals surface area contributed by atoms with Gasteiger partial charge in [-0.2, -0.15) is 15.1 Å². The van der Waals surface area contributed by atoms with E-state index >= 15 is 0 Å². The van der Waals surface area contributed by atoms with Gasteiger partial charge in [0.15, 0.2) is 5.65 Å². The first-order valence-electron chi connectivity index (χ1n) is 10.3. The van der Waals surface area contributed by atoms with Crippen molar-refractivity contribution in [1.82, 2.24) is 28.8 Å². The van der Waals surface area contributed by atoms with Gasteiger partial charge in [0.25, 0.3) is 0 Å². The molecule has 0 bridgehead atoms. The average Bonchev–Trinajstić information content (AvgIpc) is 3.37. The third kappa shape index (κ3) is 3.85. The van der Waals surface area contributed by atoms with Crippen LogP contribution in [0.3, 0.4) is 0 Å². The lowest BCUT2D eigenvalue weighted by atomic mass is 9.89. The van der Waals surface area contributed by atoms with Crippen molar-refractivity contribution in [2.24, 2.45) is 5.41 Å². The second-order valence-electron chi connectivity index (χ2n) is 8.87. The van der Waals surface area contributed by atoms with Gasteiger partial charge in [-0.25, -0.2) is 14.8 Å². The maximum absolute atomic E-state index is 12.3. The maximum atomic E-state index is 12.3. The summed E-state index contributed by atoms with van der Waals surface area (Å²) >= 11 is -1.05. The molecular weight excluding hydrogens is 430 g/mol. The van der Waals surface area contributed by atoms with E-state index in [9.17, 15) is 14.6 Å². The second-order valence-corrected chi connectivity index (χ2v) is 10.6. The van der Waals surface area contributed by atoms with Gasteiger partial charge in [0, 0.05) is 34.7 Å². The van der Waals surface area contributed by atoms with Crippen molar-refractivity contribution in [1.29, 1.82) is 5.26 Å². The van der Waals surface area contributed by atoms with Crippen LogP contribution in [-0.2, 0) is 21.7 Å². The van der Waals surface area contributed by atoms with E-state index < -0.39 is 22.3 Å². The van der Waals surface area contributed by atoms with Crippen LogP contribution in [0.25, 0.3) is 22.3 Å². The third-order valence-electron chi connectivity index (χ3n) is 5.47. The van der Waals surface area contributed by atoms with Crippen molar-refractivity contribution in [3.05, 3.63) is 31.0 Å². The maximum Gasteiger partial charge on any atom is 0.338 e. The molecule has 1 unspecified atom stereocenters. The van der Waals surface area contributed by atoms with E-state index in [1.807, 2.05) is 17.4 Å². The lowest BCUT2D eigenvalue weighted by Gasteiger charge is -2.47. The van der Waals surface area contributed by atoms with Gasteiger partial charge in [-0.05, 0) is 33.8 Å². The van der Waals surface area contributed by atoms with Crippen LogP contribution in [-0.4, -0.2) is 58.1 Å². The Kier molecular flexibility index (Phi) is 5.70. The van der Waals surface area contributed by atoms with Gasteiger partial charge in [0.1, 0.15) is 17.6 Å². The highest BCUT2D eigenvalue weighted by molar-refractivity contribution is 7.89. The first kappa shape index (κ1) is 22.3. The van der Waals surface area contributed by atoms with Crippen LogP contribution in [0.1, 0.15) is 34.1 Å². The Hall–Kier alpha value is -2.94. The molecule has 10 nitrogen and oxygen atoms in total. The summed E-state index contributed by atoms with van der Waals surface area (Å²) in [5.74, 6) is 0.170. The van der Waals surface area contributed by atoms with E-state index in [0.29, 0.717) is 35.6 Å². The van der Waals surface area contributed by atoms with Crippen LogP contribution in [0.5, 0.6) is 0 Å². The zero-order chi connectivity index (χ0) is 23.1. The van der Waals surface area contributed by atoms with Crippen LogP contribution < -0.4 is 4.84 Å². The lowest BCUT2D eigenvalue weighted by molar-refractivity contribution is -0.152. The number of fused-ring (bicyclic) bond motifs is 1. The molecule has 0 aromatic carbocycles. The zero-order valence-corrected chi connectivity index (χ0v) is 19.3. The Morgan fingerprint density at radius 1 is 1.38 bits per heavy atom.